The lowest BCUT2D eigenvalue weighted by Crippen LogP contribution is -2.50. The number of aryl methyl sites for hydroxylation is 1. The van der Waals surface area contributed by atoms with E-state index in [-0.39, 0.29) is 11.5 Å². The van der Waals surface area contributed by atoms with Gasteiger partial charge in [-0.05, 0) is 50.2 Å². The fourth-order valence-electron chi connectivity index (χ4n) is 3.35. The average Bonchev–Trinajstić information content (AvgIpc) is 2.74. The van der Waals surface area contributed by atoms with Crippen LogP contribution < -0.4 is 9.47 Å². The quantitative estimate of drug-likeness (QED) is 0.652. The summed E-state index contributed by atoms with van der Waals surface area (Å²) in [6.45, 7) is 6.99. The van der Waals surface area contributed by atoms with Gasteiger partial charge in [0.2, 0.25) is 10.0 Å². The topological polar surface area (TPSA) is 79.3 Å². The summed E-state index contributed by atoms with van der Waals surface area (Å²) in [6, 6.07) is 14.2. The van der Waals surface area contributed by atoms with E-state index in [0.29, 0.717) is 45.1 Å². The molecule has 0 aliphatic carbocycles. The van der Waals surface area contributed by atoms with E-state index in [1.54, 1.807) is 24.3 Å². The minimum absolute atomic E-state index is 0.202. The second kappa shape index (κ2) is 10.3. The molecule has 0 bridgehead atoms. The Morgan fingerprint density at radius 3 is 2.10 bits per heavy atom. The molecule has 0 unspecified atom stereocenters. The lowest BCUT2D eigenvalue weighted by Gasteiger charge is -2.34. The second-order valence-electron chi connectivity index (χ2n) is 7.39. The molecule has 1 atom stereocenters. The van der Waals surface area contributed by atoms with Crippen LogP contribution in [0.15, 0.2) is 53.4 Å². The van der Waals surface area contributed by atoms with Crippen molar-refractivity contribution in [1.82, 2.24) is 9.21 Å². The molecule has 0 spiro atoms. The average molecular weight is 435 g/mol. The number of benzene rings is 2. The van der Waals surface area contributed by atoms with Crippen molar-refractivity contribution in [2.45, 2.75) is 24.8 Å². The van der Waals surface area contributed by atoms with Crippen molar-refractivity contribution in [1.29, 1.82) is 0 Å². The van der Waals surface area contributed by atoms with Gasteiger partial charge in [-0.3, -0.25) is 4.90 Å². The first-order chi connectivity index (χ1) is 14.4. The number of β-amino-alcohol motifs (C(OH)–C–C–N with tert-alkyl or cyclic N) is 1. The number of piperazine rings is 1. The van der Waals surface area contributed by atoms with E-state index in [1.807, 2.05) is 38.1 Å². The number of ether oxygens (including phenoxy) is 2. The van der Waals surface area contributed by atoms with Crippen molar-refractivity contribution in [3.63, 3.8) is 0 Å². The van der Waals surface area contributed by atoms with E-state index in [9.17, 15) is 13.5 Å². The van der Waals surface area contributed by atoms with Crippen LogP contribution in [0.1, 0.15) is 12.5 Å². The molecule has 1 saturated heterocycles. The number of aliphatic hydroxyl groups is 1. The van der Waals surface area contributed by atoms with Crippen LogP contribution in [0.4, 0.5) is 0 Å². The van der Waals surface area contributed by atoms with Gasteiger partial charge in [0.25, 0.3) is 0 Å². The molecule has 30 heavy (non-hydrogen) atoms. The molecule has 1 heterocycles. The Labute approximate surface area is 178 Å². The first kappa shape index (κ1) is 22.6. The fourth-order valence-corrected chi connectivity index (χ4v) is 4.78. The number of hydrogen-bond donors (Lipinski definition) is 1. The standard InChI is InChI=1S/C22H30N2O5S/c1-3-28-20-8-10-22(11-9-20)30(26,27)24-14-12-23(13-15-24)16-19(25)17-29-21-6-4-18(2)5-7-21/h4-11,19,25H,3,12-17H2,1-2H3/t19-/m0/s1. The summed E-state index contributed by atoms with van der Waals surface area (Å²) >= 11 is 0. The minimum Gasteiger partial charge on any atom is -0.494 e. The molecule has 0 amide bonds. The van der Waals surface area contributed by atoms with E-state index >= 15 is 0 Å². The van der Waals surface area contributed by atoms with Crippen molar-refractivity contribution >= 4 is 10.0 Å². The van der Waals surface area contributed by atoms with Crippen LogP contribution in [0, 0.1) is 6.92 Å². The van der Waals surface area contributed by atoms with E-state index < -0.39 is 16.1 Å². The lowest BCUT2D eigenvalue weighted by atomic mass is 10.2. The molecule has 1 fully saturated rings. The summed E-state index contributed by atoms with van der Waals surface area (Å²) in [7, 11) is -3.53. The highest BCUT2D eigenvalue weighted by molar-refractivity contribution is 7.89. The summed E-state index contributed by atoms with van der Waals surface area (Å²) in [6.07, 6.45) is -0.638. The van der Waals surface area contributed by atoms with Crippen LogP contribution >= 0.6 is 0 Å². The van der Waals surface area contributed by atoms with Crippen LogP contribution in [0.2, 0.25) is 0 Å². The van der Waals surface area contributed by atoms with Crippen LogP contribution in [0.3, 0.4) is 0 Å². The third-order valence-corrected chi connectivity index (χ3v) is 6.95. The molecule has 1 aliphatic heterocycles. The molecular formula is C22H30N2O5S. The maximum Gasteiger partial charge on any atom is 0.243 e. The molecule has 7 nitrogen and oxygen atoms in total. The number of nitrogens with zero attached hydrogens (tertiary/aromatic N) is 2. The second-order valence-corrected chi connectivity index (χ2v) is 9.32. The van der Waals surface area contributed by atoms with Gasteiger partial charge in [-0.25, -0.2) is 8.42 Å². The van der Waals surface area contributed by atoms with Crippen LogP contribution in [-0.4, -0.2) is 74.8 Å². The maximum absolute atomic E-state index is 12.9. The molecule has 8 heteroatoms. The minimum atomic E-state index is -3.53. The lowest BCUT2D eigenvalue weighted by molar-refractivity contribution is 0.0569. The molecule has 164 valence electrons. The van der Waals surface area contributed by atoms with Crippen LogP contribution in [0.5, 0.6) is 11.5 Å². The zero-order valence-corrected chi connectivity index (χ0v) is 18.3. The normalized spacial score (nSPS) is 16.9. The SMILES string of the molecule is CCOc1ccc(S(=O)(=O)N2CCN(C[C@H](O)COc3ccc(C)cc3)CC2)cc1. The van der Waals surface area contributed by atoms with Gasteiger partial charge in [-0.1, -0.05) is 17.7 Å². The summed E-state index contributed by atoms with van der Waals surface area (Å²) in [4.78, 5) is 2.33. The van der Waals surface area contributed by atoms with E-state index in [4.69, 9.17) is 9.47 Å². The van der Waals surface area contributed by atoms with Gasteiger partial charge in [0, 0.05) is 32.7 Å². The Kier molecular flexibility index (Phi) is 7.71. The van der Waals surface area contributed by atoms with E-state index in [2.05, 4.69) is 4.90 Å². The van der Waals surface area contributed by atoms with Crippen LogP contribution in [0.25, 0.3) is 0 Å². The van der Waals surface area contributed by atoms with Gasteiger partial charge >= 0.3 is 0 Å². The molecule has 3 rings (SSSR count). The fraction of sp³-hybridized carbons (Fsp3) is 0.455. The summed E-state index contributed by atoms with van der Waals surface area (Å²) in [5.74, 6) is 1.38. The molecular weight excluding hydrogens is 404 g/mol. The summed E-state index contributed by atoms with van der Waals surface area (Å²) < 4.78 is 38.2. The van der Waals surface area contributed by atoms with E-state index in [1.165, 1.54) is 4.31 Å². The predicted octanol–water partition coefficient (Wildman–Crippen LogP) is 2.14. The van der Waals surface area contributed by atoms with Gasteiger partial charge in [-0.15, -0.1) is 0 Å². The summed E-state index contributed by atoms with van der Waals surface area (Å²) in [5, 5.41) is 10.3. The highest BCUT2D eigenvalue weighted by Crippen LogP contribution is 2.21. The third-order valence-electron chi connectivity index (χ3n) is 5.04. The number of hydrogen-bond acceptors (Lipinski definition) is 6. The number of aliphatic hydroxyl groups excluding tert-OH is 1. The van der Waals surface area contributed by atoms with Gasteiger partial charge in [0.15, 0.2) is 0 Å². The Morgan fingerprint density at radius 2 is 1.50 bits per heavy atom. The van der Waals surface area contributed by atoms with Gasteiger partial charge in [-0.2, -0.15) is 4.31 Å². The zero-order valence-electron chi connectivity index (χ0n) is 17.5. The third kappa shape index (κ3) is 5.95. The molecule has 0 saturated carbocycles. The summed E-state index contributed by atoms with van der Waals surface area (Å²) in [5.41, 5.74) is 1.15. The Bertz CT molecular complexity index is 892. The van der Waals surface area contributed by atoms with Gasteiger partial charge in [0.05, 0.1) is 11.5 Å². The van der Waals surface area contributed by atoms with Crippen molar-refractivity contribution in [3.8, 4) is 11.5 Å². The molecule has 2 aromatic rings. The monoisotopic (exact) mass is 434 g/mol. The Hall–Kier alpha value is -2.13. The van der Waals surface area contributed by atoms with Gasteiger partial charge in [0.1, 0.15) is 24.2 Å². The largest absolute Gasteiger partial charge is 0.494 e. The van der Waals surface area contributed by atoms with Crippen LogP contribution in [-0.2, 0) is 10.0 Å². The van der Waals surface area contributed by atoms with E-state index in [0.717, 1.165) is 11.3 Å². The molecule has 1 N–H and O–H groups in total. The zero-order chi connectivity index (χ0) is 21.6. The highest BCUT2D eigenvalue weighted by atomic mass is 32.2. The first-order valence-corrected chi connectivity index (χ1v) is 11.7. The molecule has 0 radical (unpaired) electrons. The molecule has 2 aromatic carbocycles. The molecule has 1 aliphatic rings. The number of rotatable bonds is 9. The predicted molar refractivity (Wildman–Crippen MR) is 115 cm³/mol. The Morgan fingerprint density at radius 1 is 0.933 bits per heavy atom. The maximum atomic E-state index is 12.9. The first-order valence-electron chi connectivity index (χ1n) is 10.2. The van der Waals surface area contributed by atoms with Crippen molar-refractivity contribution in [2.24, 2.45) is 0 Å². The van der Waals surface area contributed by atoms with Crippen molar-refractivity contribution in [3.05, 3.63) is 54.1 Å². The highest BCUT2D eigenvalue weighted by Gasteiger charge is 2.29. The van der Waals surface area contributed by atoms with Gasteiger partial charge < -0.3 is 14.6 Å². The Balaban J connectivity index is 1.47. The van der Waals surface area contributed by atoms with Crippen molar-refractivity contribution in [2.75, 3.05) is 45.9 Å². The molecule has 0 aromatic heterocycles. The van der Waals surface area contributed by atoms with Crippen molar-refractivity contribution < 1.29 is 23.0 Å². The number of sulfonamides is 1. The smallest absolute Gasteiger partial charge is 0.243 e.